The van der Waals surface area contributed by atoms with Crippen molar-refractivity contribution in [1.29, 1.82) is 0 Å². The summed E-state index contributed by atoms with van der Waals surface area (Å²) in [7, 11) is 0. The third-order valence-electron chi connectivity index (χ3n) is 4.12. The van der Waals surface area contributed by atoms with Gasteiger partial charge in [-0.15, -0.1) is 10.2 Å². The molecular formula is C15H28N6. The van der Waals surface area contributed by atoms with E-state index in [2.05, 4.69) is 51.2 Å². The molecule has 0 amide bonds. The Balaban J connectivity index is 1.93. The molecule has 6 heteroatoms. The van der Waals surface area contributed by atoms with Crippen LogP contribution < -0.4 is 10.6 Å². The molecule has 0 aromatic carbocycles. The molecule has 21 heavy (non-hydrogen) atoms. The molecule has 2 N–H and O–H groups in total. The second-order valence-electron chi connectivity index (χ2n) is 5.55. The van der Waals surface area contributed by atoms with Crippen molar-refractivity contribution in [2.45, 2.75) is 59.5 Å². The molecule has 0 unspecified atom stereocenters. The first kappa shape index (κ1) is 15.8. The Labute approximate surface area is 127 Å². The van der Waals surface area contributed by atoms with Crippen molar-refractivity contribution >= 4 is 5.96 Å². The predicted molar refractivity (Wildman–Crippen MR) is 85.2 cm³/mol. The monoisotopic (exact) mass is 292 g/mol. The van der Waals surface area contributed by atoms with Crippen molar-refractivity contribution in [3.8, 4) is 0 Å². The standard InChI is InChI=1S/C15H28N6/c1-4-12(5-2)10-17-15(16-6-3)18-11-14-20-19-13-8-7-9-21(13)14/h12H,4-11H2,1-3H3,(H2,16,17,18). The fraction of sp³-hybridized carbons (Fsp3) is 0.800. The number of aromatic nitrogens is 3. The molecule has 118 valence electrons. The van der Waals surface area contributed by atoms with Crippen LogP contribution in [0.4, 0.5) is 0 Å². The average Bonchev–Trinajstić information content (AvgIpc) is 3.09. The molecule has 1 aromatic rings. The van der Waals surface area contributed by atoms with Crippen LogP contribution in [0.5, 0.6) is 0 Å². The van der Waals surface area contributed by atoms with Crippen LogP contribution in [-0.4, -0.2) is 33.8 Å². The molecule has 0 radical (unpaired) electrons. The summed E-state index contributed by atoms with van der Waals surface area (Å²) in [6.45, 7) is 10.0. The summed E-state index contributed by atoms with van der Waals surface area (Å²) < 4.78 is 2.20. The van der Waals surface area contributed by atoms with E-state index in [1.54, 1.807) is 0 Å². The summed E-state index contributed by atoms with van der Waals surface area (Å²) in [6.07, 6.45) is 4.61. The van der Waals surface area contributed by atoms with Gasteiger partial charge in [-0.3, -0.25) is 0 Å². The van der Waals surface area contributed by atoms with Gasteiger partial charge in [-0.05, 0) is 19.3 Å². The Bertz CT molecular complexity index is 461. The zero-order valence-electron chi connectivity index (χ0n) is 13.5. The highest BCUT2D eigenvalue weighted by atomic mass is 15.3. The molecule has 0 aliphatic carbocycles. The number of rotatable bonds is 7. The van der Waals surface area contributed by atoms with E-state index < -0.39 is 0 Å². The van der Waals surface area contributed by atoms with Crippen molar-refractivity contribution in [3.05, 3.63) is 11.6 Å². The Kier molecular flexibility index (Phi) is 6.02. The van der Waals surface area contributed by atoms with Crippen LogP contribution in [0.3, 0.4) is 0 Å². The molecule has 0 bridgehead atoms. The van der Waals surface area contributed by atoms with E-state index in [0.29, 0.717) is 12.5 Å². The Morgan fingerprint density at radius 2 is 2.05 bits per heavy atom. The molecule has 1 aliphatic rings. The molecule has 1 aromatic heterocycles. The summed E-state index contributed by atoms with van der Waals surface area (Å²) in [5, 5.41) is 15.2. The first-order valence-electron chi connectivity index (χ1n) is 8.21. The summed E-state index contributed by atoms with van der Waals surface area (Å²) >= 11 is 0. The lowest BCUT2D eigenvalue weighted by Gasteiger charge is -2.16. The lowest BCUT2D eigenvalue weighted by Crippen LogP contribution is -2.39. The largest absolute Gasteiger partial charge is 0.357 e. The van der Waals surface area contributed by atoms with Crippen LogP contribution >= 0.6 is 0 Å². The molecule has 0 saturated heterocycles. The quantitative estimate of drug-likeness (QED) is 0.593. The number of aliphatic imine (C=N–C) groups is 1. The van der Waals surface area contributed by atoms with E-state index in [4.69, 9.17) is 0 Å². The number of nitrogens with zero attached hydrogens (tertiary/aromatic N) is 4. The number of guanidine groups is 1. The van der Waals surface area contributed by atoms with Crippen LogP contribution in [0.1, 0.15) is 51.7 Å². The molecule has 1 aliphatic heterocycles. The molecular weight excluding hydrogens is 264 g/mol. The summed E-state index contributed by atoms with van der Waals surface area (Å²) in [5.41, 5.74) is 0. The SMILES string of the molecule is CCNC(=NCc1nnc2n1CCC2)NCC(CC)CC. The maximum absolute atomic E-state index is 4.65. The van der Waals surface area contributed by atoms with Gasteiger partial charge in [0.25, 0.3) is 0 Å². The molecule has 0 saturated carbocycles. The zero-order chi connectivity index (χ0) is 15.1. The third kappa shape index (κ3) is 4.19. The van der Waals surface area contributed by atoms with Gasteiger partial charge in [-0.2, -0.15) is 0 Å². The van der Waals surface area contributed by atoms with E-state index >= 15 is 0 Å². The maximum Gasteiger partial charge on any atom is 0.191 e. The van der Waals surface area contributed by atoms with Gasteiger partial charge in [0.1, 0.15) is 12.4 Å². The second-order valence-corrected chi connectivity index (χ2v) is 5.55. The van der Waals surface area contributed by atoms with Crippen LogP contribution in [0.25, 0.3) is 0 Å². The smallest absolute Gasteiger partial charge is 0.191 e. The first-order chi connectivity index (χ1) is 10.3. The number of fused-ring (bicyclic) bond motifs is 1. The molecule has 0 atom stereocenters. The zero-order valence-corrected chi connectivity index (χ0v) is 13.5. The van der Waals surface area contributed by atoms with Crippen LogP contribution in [0.2, 0.25) is 0 Å². The lowest BCUT2D eigenvalue weighted by atomic mass is 10.0. The maximum atomic E-state index is 4.65. The fourth-order valence-electron chi connectivity index (χ4n) is 2.64. The van der Waals surface area contributed by atoms with Gasteiger partial charge in [0.15, 0.2) is 11.8 Å². The van der Waals surface area contributed by atoms with E-state index in [9.17, 15) is 0 Å². The highest BCUT2D eigenvalue weighted by Crippen LogP contribution is 2.14. The first-order valence-corrected chi connectivity index (χ1v) is 8.21. The molecule has 0 fully saturated rings. The number of aryl methyl sites for hydroxylation is 1. The second kappa shape index (κ2) is 8.00. The number of nitrogens with one attached hydrogen (secondary N) is 2. The van der Waals surface area contributed by atoms with Crippen molar-refractivity contribution < 1.29 is 0 Å². The van der Waals surface area contributed by atoms with Gasteiger partial charge >= 0.3 is 0 Å². The Morgan fingerprint density at radius 1 is 1.24 bits per heavy atom. The lowest BCUT2D eigenvalue weighted by molar-refractivity contribution is 0.481. The summed E-state index contributed by atoms with van der Waals surface area (Å²) in [6, 6.07) is 0. The van der Waals surface area contributed by atoms with E-state index in [-0.39, 0.29) is 0 Å². The highest BCUT2D eigenvalue weighted by molar-refractivity contribution is 5.79. The van der Waals surface area contributed by atoms with Gasteiger partial charge in [-0.1, -0.05) is 26.7 Å². The summed E-state index contributed by atoms with van der Waals surface area (Å²) in [5.74, 6) is 3.66. The van der Waals surface area contributed by atoms with Crippen molar-refractivity contribution in [2.75, 3.05) is 13.1 Å². The average molecular weight is 292 g/mol. The fourth-order valence-corrected chi connectivity index (χ4v) is 2.64. The van der Waals surface area contributed by atoms with Crippen LogP contribution in [-0.2, 0) is 19.5 Å². The summed E-state index contributed by atoms with van der Waals surface area (Å²) in [4.78, 5) is 4.65. The Hall–Kier alpha value is -1.59. The topological polar surface area (TPSA) is 67.1 Å². The van der Waals surface area contributed by atoms with Crippen LogP contribution in [0.15, 0.2) is 4.99 Å². The third-order valence-corrected chi connectivity index (χ3v) is 4.12. The van der Waals surface area contributed by atoms with Gasteiger partial charge in [0, 0.05) is 26.1 Å². The minimum Gasteiger partial charge on any atom is -0.357 e. The van der Waals surface area contributed by atoms with Gasteiger partial charge in [0.2, 0.25) is 0 Å². The van der Waals surface area contributed by atoms with E-state index in [0.717, 1.165) is 43.7 Å². The molecule has 2 rings (SSSR count). The van der Waals surface area contributed by atoms with Gasteiger partial charge < -0.3 is 15.2 Å². The molecule has 2 heterocycles. The van der Waals surface area contributed by atoms with Crippen molar-refractivity contribution in [2.24, 2.45) is 10.9 Å². The normalized spacial score (nSPS) is 14.6. The van der Waals surface area contributed by atoms with Crippen LogP contribution in [0, 0.1) is 5.92 Å². The van der Waals surface area contributed by atoms with E-state index in [1.807, 2.05) is 0 Å². The number of hydrogen-bond acceptors (Lipinski definition) is 3. The highest BCUT2D eigenvalue weighted by Gasteiger charge is 2.16. The van der Waals surface area contributed by atoms with E-state index in [1.165, 1.54) is 19.3 Å². The number of hydrogen-bond donors (Lipinski definition) is 2. The minimum absolute atomic E-state index is 0.589. The van der Waals surface area contributed by atoms with Gasteiger partial charge in [0.05, 0.1) is 0 Å². The van der Waals surface area contributed by atoms with Crippen molar-refractivity contribution in [1.82, 2.24) is 25.4 Å². The minimum atomic E-state index is 0.589. The van der Waals surface area contributed by atoms with Gasteiger partial charge in [-0.25, -0.2) is 4.99 Å². The molecule has 6 nitrogen and oxygen atoms in total. The molecule has 0 spiro atoms. The van der Waals surface area contributed by atoms with Crippen molar-refractivity contribution in [3.63, 3.8) is 0 Å². The predicted octanol–water partition coefficient (Wildman–Crippen LogP) is 1.72. The Morgan fingerprint density at radius 3 is 2.76 bits per heavy atom.